The maximum Gasteiger partial charge on any atom is 0.304 e. The number of oxazole rings is 1. The lowest BCUT2D eigenvalue weighted by Crippen LogP contribution is -2.05. The Hall–Kier alpha value is -1.75. The SMILES string of the molecule is CC(CC(=O)O)SCc1coc(-c2ccccc2)n1. The van der Waals surface area contributed by atoms with Gasteiger partial charge in [0.2, 0.25) is 5.89 Å². The standard InChI is InChI=1S/C14H15NO3S/c1-10(7-13(16)17)19-9-12-8-18-14(15-12)11-5-3-2-4-6-11/h2-6,8,10H,7,9H2,1H3,(H,16,17). The smallest absolute Gasteiger partial charge is 0.304 e. The average Bonchev–Trinajstić information content (AvgIpc) is 2.85. The molecule has 1 aromatic carbocycles. The Bertz CT molecular complexity index is 539. The highest BCUT2D eigenvalue weighted by atomic mass is 32.2. The largest absolute Gasteiger partial charge is 0.481 e. The van der Waals surface area contributed by atoms with Gasteiger partial charge in [-0.05, 0) is 12.1 Å². The number of aliphatic carboxylic acids is 1. The van der Waals surface area contributed by atoms with Crippen molar-refractivity contribution >= 4 is 17.7 Å². The van der Waals surface area contributed by atoms with Crippen molar-refractivity contribution in [2.45, 2.75) is 24.3 Å². The molecule has 0 saturated carbocycles. The van der Waals surface area contributed by atoms with Crippen LogP contribution in [0.2, 0.25) is 0 Å². The van der Waals surface area contributed by atoms with Crippen LogP contribution >= 0.6 is 11.8 Å². The van der Waals surface area contributed by atoms with Crippen molar-refractivity contribution < 1.29 is 14.3 Å². The highest BCUT2D eigenvalue weighted by molar-refractivity contribution is 7.99. The van der Waals surface area contributed by atoms with Crippen LogP contribution in [0.1, 0.15) is 19.0 Å². The Morgan fingerprint density at radius 3 is 2.84 bits per heavy atom. The summed E-state index contributed by atoms with van der Waals surface area (Å²) in [5.74, 6) is 0.484. The number of benzene rings is 1. The van der Waals surface area contributed by atoms with Crippen LogP contribution in [0, 0.1) is 0 Å². The van der Waals surface area contributed by atoms with Gasteiger partial charge in [0.15, 0.2) is 0 Å². The summed E-state index contributed by atoms with van der Waals surface area (Å²) in [6, 6.07) is 9.69. The van der Waals surface area contributed by atoms with Gasteiger partial charge in [-0.15, -0.1) is 0 Å². The summed E-state index contributed by atoms with van der Waals surface area (Å²) in [5, 5.41) is 8.75. The number of nitrogens with zero attached hydrogens (tertiary/aromatic N) is 1. The Morgan fingerprint density at radius 1 is 1.42 bits per heavy atom. The second-order valence-electron chi connectivity index (χ2n) is 4.23. The van der Waals surface area contributed by atoms with Crippen LogP contribution in [-0.4, -0.2) is 21.3 Å². The Balaban J connectivity index is 1.93. The minimum absolute atomic E-state index is 0.0642. The van der Waals surface area contributed by atoms with Crippen LogP contribution in [-0.2, 0) is 10.5 Å². The fourth-order valence-electron chi connectivity index (χ4n) is 1.62. The van der Waals surface area contributed by atoms with Crippen LogP contribution in [0.3, 0.4) is 0 Å². The molecule has 2 rings (SSSR count). The Kier molecular flexibility index (Phi) is 4.63. The molecule has 1 N–H and O–H groups in total. The van der Waals surface area contributed by atoms with Crippen molar-refractivity contribution in [3.05, 3.63) is 42.3 Å². The highest BCUT2D eigenvalue weighted by Gasteiger charge is 2.11. The van der Waals surface area contributed by atoms with E-state index >= 15 is 0 Å². The first kappa shape index (κ1) is 13.7. The maximum absolute atomic E-state index is 10.6. The van der Waals surface area contributed by atoms with E-state index in [0.717, 1.165) is 11.3 Å². The second-order valence-corrected chi connectivity index (χ2v) is 5.66. The van der Waals surface area contributed by atoms with Crippen molar-refractivity contribution in [1.29, 1.82) is 0 Å². The maximum atomic E-state index is 10.6. The van der Waals surface area contributed by atoms with E-state index in [1.54, 1.807) is 18.0 Å². The van der Waals surface area contributed by atoms with E-state index in [4.69, 9.17) is 9.52 Å². The number of hydrogen-bond acceptors (Lipinski definition) is 4. The number of hydrogen-bond donors (Lipinski definition) is 1. The van der Waals surface area contributed by atoms with Gasteiger partial charge in [-0.2, -0.15) is 11.8 Å². The average molecular weight is 277 g/mol. The monoisotopic (exact) mass is 277 g/mol. The fraction of sp³-hybridized carbons (Fsp3) is 0.286. The molecule has 0 aliphatic carbocycles. The summed E-state index contributed by atoms with van der Waals surface area (Å²) < 4.78 is 5.42. The van der Waals surface area contributed by atoms with Gasteiger partial charge in [0.1, 0.15) is 6.26 Å². The molecule has 4 nitrogen and oxygen atoms in total. The van der Waals surface area contributed by atoms with Gasteiger partial charge < -0.3 is 9.52 Å². The van der Waals surface area contributed by atoms with Crippen LogP contribution in [0.25, 0.3) is 11.5 Å². The third kappa shape index (κ3) is 4.13. The molecule has 0 spiro atoms. The molecule has 0 aliphatic rings. The van der Waals surface area contributed by atoms with E-state index < -0.39 is 5.97 Å². The molecule has 0 saturated heterocycles. The molecule has 100 valence electrons. The molecule has 1 atom stereocenters. The molecule has 19 heavy (non-hydrogen) atoms. The van der Waals surface area contributed by atoms with Crippen molar-refractivity contribution in [3.63, 3.8) is 0 Å². The molecule has 0 fully saturated rings. The van der Waals surface area contributed by atoms with Crippen molar-refractivity contribution in [2.24, 2.45) is 0 Å². The first-order valence-electron chi connectivity index (χ1n) is 5.98. The third-order valence-electron chi connectivity index (χ3n) is 2.55. The van der Waals surface area contributed by atoms with Gasteiger partial charge in [0, 0.05) is 16.6 Å². The van der Waals surface area contributed by atoms with Gasteiger partial charge >= 0.3 is 5.97 Å². The second kappa shape index (κ2) is 6.43. The van der Waals surface area contributed by atoms with Crippen LogP contribution in [0.15, 0.2) is 41.0 Å². The number of aromatic nitrogens is 1. The predicted molar refractivity (Wildman–Crippen MR) is 74.9 cm³/mol. The lowest BCUT2D eigenvalue weighted by atomic mass is 10.2. The normalized spacial score (nSPS) is 12.3. The van der Waals surface area contributed by atoms with Crippen LogP contribution < -0.4 is 0 Å². The molecule has 0 radical (unpaired) electrons. The third-order valence-corrected chi connectivity index (χ3v) is 3.75. The minimum atomic E-state index is -0.773. The number of thioether (sulfide) groups is 1. The summed E-state index contributed by atoms with van der Waals surface area (Å²) in [4.78, 5) is 15.0. The first-order chi connectivity index (χ1) is 9.15. The van der Waals surface area contributed by atoms with Gasteiger partial charge in [0.05, 0.1) is 12.1 Å². The fourth-order valence-corrected chi connectivity index (χ4v) is 2.47. The molecule has 5 heteroatoms. The summed E-state index contributed by atoms with van der Waals surface area (Å²) >= 11 is 1.56. The lowest BCUT2D eigenvalue weighted by molar-refractivity contribution is -0.136. The molecule has 2 aromatic rings. The molecule has 0 amide bonds. The zero-order chi connectivity index (χ0) is 13.7. The number of carbonyl (C=O) groups is 1. The molecular formula is C14H15NO3S. The topological polar surface area (TPSA) is 63.3 Å². The summed E-state index contributed by atoms with van der Waals surface area (Å²) in [5.41, 5.74) is 1.78. The number of carboxylic acid groups (broad SMARTS) is 1. The van der Waals surface area contributed by atoms with Crippen molar-refractivity contribution in [1.82, 2.24) is 4.98 Å². The highest BCUT2D eigenvalue weighted by Crippen LogP contribution is 2.23. The summed E-state index contributed by atoms with van der Waals surface area (Å²) in [6.07, 6.45) is 1.79. The zero-order valence-corrected chi connectivity index (χ0v) is 11.4. The van der Waals surface area contributed by atoms with Gasteiger partial charge in [-0.25, -0.2) is 4.98 Å². The molecule has 1 heterocycles. The molecule has 0 aliphatic heterocycles. The summed E-state index contributed by atoms with van der Waals surface area (Å²) in [7, 11) is 0. The summed E-state index contributed by atoms with van der Waals surface area (Å²) in [6.45, 7) is 1.90. The Morgan fingerprint density at radius 2 is 2.16 bits per heavy atom. The van der Waals surface area contributed by atoms with Crippen LogP contribution in [0.5, 0.6) is 0 Å². The molecule has 1 aromatic heterocycles. The number of rotatable bonds is 6. The van der Waals surface area contributed by atoms with Crippen molar-refractivity contribution in [3.8, 4) is 11.5 Å². The van der Waals surface area contributed by atoms with Crippen LogP contribution in [0.4, 0.5) is 0 Å². The van der Waals surface area contributed by atoms with E-state index in [2.05, 4.69) is 4.98 Å². The predicted octanol–water partition coefficient (Wildman–Crippen LogP) is 3.44. The van der Waals surface area contributed by atoms with E-state index in [1.807, 2.05) is 37.3 Å². The van der Waals surface area contributed by atoms with E-state index in [-0.39, 0.29) is 11.7 Å². The molecule has 0 bridgehead atoms. The minimum Gasteiger partial charge on any atom is -0.481 e. The molecular weight excluding hydrogens is 262 g/mol. The van der Waals surface area contributed by atoms with E-state index in [1.165, 1.54) is 0 Å². The van der Waals surface area contributed by atoms with Crippen molar-refractivity contribution in [2.75, 3.05) is 0 Å². The quantitative estimate of drug-likeness (QED) is 0.876. The van der Waals surface area contributed by atoms with E-state index in [9.17, 15) is 4.79 Å². The van der Waals surface area contributed by atoms with Gasteiger partial charge in [-0.1, -0.05) is 25.1 Å². The van der Waals surface area contributed by atoms with Gasteiger partial charge in [0.25, 0.3) is 0 Å². The Labute approximate surface area is 115 Å². The number of carboxylic acids is 1. The molecule has 1 unspecified atom stereocenters. The first-order valence-corrected chi connectivity index (χ1v) is 7.03. The lowest BCUT2D eigenvalue weighted by Gasteiger charge is -2.05. The van der Waals surface area contributed by atoms with E-state index in [0.29, 0.717) is 11.6 Å². The zero-order valence-electron chi connectivity index (χ0n) is 10.6. The van der Waals surface area contributed by atoms with Gasteiger partial charge in [-0.3, -0.25) is 4.79 Å².